The van der Waals surface area contributed by atoms with Crippen molar-refractivity contribution in [3.63, 3.8) is 0 Å². The lowest BCUT2D eigenvalue weighted by atomic mass is 10.1. The van der Waals surface area contributed by atoms with Crippen LogP contribution in [0.25, 0.3) is 0 Å². The minimum absolute atomic E-state index is 0.108. The molecule has 3 rings (SSSR count). The van der Waals surface area contributed by atoms with Gasteiger partial charge < -0.3 is 10.6 Å². The van der Waals surface area contributed by atoms with Crippen molar-refractivity contribution in [1.82, 2.24) is 10.2 Å². The number of likely N-dealkylation sites (tertiary alicyclic amines) is 1. The number of rotatable bonds is 5. The van der Waals surface area contributed by atoms with E-state index in [4.69, 9.17) is 11.6 Å². The molecule has 5 nitrogen and oxygen atoms in total. The van der Waals surface area contributed by atoms with Gasteiger partial charge in [-0.3, -0.25) is 14.5 Å². The molecule has 2 aromatic rings. The monoisotopic (exact) mass is 377 g/mol. The summed E-state index contributed by atoms with van der Waals surface area (Å²) in [6.45, 7) is 2.45. The van der Waals surface area contributed by atoms with Gasteiger partial charge in [-0.1, -0.05) is 17.7 Å². The minimum atomic E-state index is -0.687. The standard InChI is InChI=1S/C18H20ClN3O2S/c19-14-4-3-5-15(10-14)21-18(24)17(23)20-11-16(13-6-9-25-12-13)22-7-1-2-8-22/h3-6,9-10,12,16H,1-2,7-8,11H2,(H,20,23)(H,21,24). The molecule has 0 saturated carbocycles. The average molecular weight is 378 g/mol. The minimum Gasteiger partial charge on any atom is -0.346 e. The van der Waals surface area contributed by atoms with E-state index < -0.39 is 11.8 Å². The highest BCUT2D eigenvalue weighted by atomic mass is 35.5. The Hall–Kier alpha value is -1.89. The van der Waals surface area contributed by atoms with Gasteiger partial charge in [0.2, 0.25) is 0 Å². The second-order valence-electron chi connectivity index (χ2n) is 5.99. The first-order valence-electron chi connectivity index (χ1n) is 8.24. The number of carbonyl (C=O) groups is 2. The number of anilines is 1. The van der Waals surface area contributed by atoms with Crippen LogP contribution in [0.15, 0.2) is 41.1 Å². The second kappa shape index (κ2) is 8.47. The van der Waals surface area contributed by atoms with Crippen LogP contribution in [0, 0.1) is 0 Å². The quantitative estimate of drug-likeness (QED) is 0.786. The lowest BCUT2D eigenvalue weighted by molar-refractivity contribution is -0.136. The van der Waals surface area contributed by atoms with Crippen LogP contribution in [0.2, 0.25) is 5.02 Å². The van der Waals surface area contributed by atoms with Crippen LogP contribution in [0.3, 0.4) is 0 Å². The van der Waals surface area contributed by atoms with Crippen molar-refractivity contribution in [2.24, 2.45) is 0 Å². The molecule has 7 heteroatoms. The SMILES string of the molecule is O=C(NCC(c1ccsc1)N1CCCC1)C(=O)Nc1cccc(Cl)c1. The summed E-state index contributed by atoms with van der Waals surface area (Å²) < 4.78 is 0. The van der Waals surface area contributed by atoms with Crippen LogP contribution >= 0.6 is 22.9 Å². The molecule has 2 N–H and O–H groups in total. The lowest BCUT2D eigenvalue weighted by Crippen LogP contribution is -2.41. The van der Waals surface area contributed by atoms with Crippen molar-refractivity contribution in [2.75, 3.05) is 25.0 Å². The number of carbonyl (C=O) groups excluding carboxylic acids is 2. The normalized spacial score (nSPS) is 15.7. The Morgan fingerprint density at radius 1 is 1.20 bits per heavy atom. The Morgan fingerprint density at radius 3 is 2.68 bits per heavy atom. The van der Waals surface area contributed by atoms with Crippen molar-refractivity contribution in [2.45, 2.75) is 18.9 Å². The molecular weight excluding hydrogens is 358 g/mol. The molecule has 1 aliphatic heterocycles. The predicted molar refractivity (Wildman–Crippen MR) is 101 cm³/mol. The number of nitrogens with zero attached hydrogens (tertiary/aromatic N) is 1. The van der Waals surface area contributed by atoms with E-state index in [-0.39, 0.29) is 6.04 Å². The number of amides is 2. The summed E-state index contributed by atoms with van der Waals surface area (Å²) in [5.74, 6) is -1.33. The molecule has 1 aliphatic rings. The van der Waals surface area contributed by atoms with Gasteiger partial charge in [-0.25, -0.2) is 0 Å². The van der Waals surface area contributed by atoms with E-state index in [9.17, 15) is 9.59 Å². The molecule has 132 valence electrons. The predicted octanol–water partition coefficient (Wildman–Crippen LogP) is 3.29. The fourth-order valence-corrected chi connectivity index (χ4v) is 3.90. The number of hydrogen-bond donors (Lipinski definition) is 2. The molecule has 0 radical (unpaired) electrons. The van der Waals surface area contributed by atoms with E-state index in [0.717, 1.165) is 13.1 Å². The first-order chi connectivity index (χ1) is 12.1. The highest BCUT2D eigenvalue weighted by Gasteiger charge is 2.25. The van der Waals surface area contributed by atoms with Crippen molar-refractivity contribution in [3.8, 4) is 0 Å². The van der Waals surface area contributed by atoms with E-state index in [2.05, 4.69) is 27.0 Å². The summed E-state index contributed by atoms with van der Waals surface area (Å²) in [5, 5.41) is 9.96. The van der Waals surface area contributed by atoms with Gasteiger partial charge >= 0.3 is 11.8 Å². The zero-order valence-electron chi connectivity index (χ0n) is 13.7. The fraction of sp³-hybridized carbons (Fsp3) is 0.333. The molecule has 1 saturated heterocycles. The molecule has 0 bridgehead atoms. The van der Waals surface area contributed by atoms with Gasteiger partial charge in [-0.15, -0.1) is 0 Å². The van der Waals surface area contributed by atoms with Crippen LogP contribution in [0.5, 0.6) is 0 Å². The topological polar surface area (TPSA) is 61.4 Å². The van der Waals surface area contributed by atoms with Gasteiger partial charge in [-0.05, 0) is 66.5 Å². The van der Waals surface area contributed by atoms with E-state index in [1.807, 2.05) is 5.38 Å². The molecule has 2 heterocycles. The Labute approximate surface area is 156 Å². The third kappa shape index (κ3) is 4.81. The summed E-state index contributed by atoms with van der Waals surface area (Å²) >= 11 is 7.52. The molecule has 0 aliphatic carbocycles. The maximum Gasteiger partial charge on any atom is 0.313 e. The van der Waals surface area contributed by atoms with E-state index in [1.165, 1.54) is 18.4 Å². The van der Waals surface area contributed by atoms with E-state index >= 15 is 0 Å². The molecule has 1 aromatic heterocycles. The molecule has 1 atom stereocenters. The third-order valence-corrected chi connectivity index (χ3v) is 5.19. The molecule has 25 heavy (non-hydrogen) atoms. The first-order valence-corrected chi connectivity index (χ1v) is 9.56. The number of nitrogens with one attached hydrogen (secondary N) is 2. The molecule has 1 unspecified atom stereocenters. The van der Waals surface area contributed by atoms with Crippen molar-refractivity contribution >= 4 is 40.4 Å². The first kappa shape index (κ1) is 17.9. The maximum absolute atomic E-state index is 12.1. The summed E-state index contributed by atoms with van der Waals surface area (Å²) in [6, 6.07) is 8.90. The summed E-state index contributed by atoms with van der Waals surface area (Å²) in [7, 11) is 0. The highest BCUT2D eigenvalue weighted by Crippen LogP contribution is 2.26. The number of thiophene rings is 1. The smallest absolute Gasteiger partial charge is 0.313 e. The second-order valence-corrected chi connectivity index (χ2v) is 7.21. The van der Waals surface area contributed by atoms with Gasteiger partial charge in [0.05, 0.1) is 6.04 Å². The largest absolute Gasteiger partial charge is 0.346 e. The Bertz CT molecular complexity index is 730. The maximum atomic E-state index is 12.1. The van der Waals surface area contributed by atoms with Crippen molar-refractivity contribution in [3.05, 3.63) is 51.7 Å². The zero-order chi connectivity index (χ0) is 17.6. The van der Waals surface area contributed by atoms with Crippen LogP contribution in [0.1, 0.15) is 24.4 Å². The zero-order valence-corrected chi connectivity index (χ0v) is 15.3. The van der Waals surface area contributed by atoms with Gasteiger partial charge in [0, 0.05) is 17.3 Å². The Morgan fingerprint density at radius 2 is 2.00 bits per heavy atom. The van der Waals surface area contributed by atoms with Gasteiger partial charge in [0.25, 0.3) is 0 Å². The molecular formula is C18H20ClN3O2S. The average Bonchev–Trinajstić information content (AvgIpc) is 3.29. The number of hydrogen-bond acceptors (Lipinski definition) is 4. The van der Waals surface area contributed by atoms with Gasteiger partial charge in [0.15, 0.2) is 0 Å². The Kier molecular flexibility index (Phi) is 6.07. The van der Waals surface area contributed by atoms with Crippen molar-refractivity contribution in [1.29, 1.82) is 0 Å². The Balaban J connectivity index is 1.58. The third-order valence-electron chi connectivity index (χ3n) is 4.25. The summed E-state index contributed by atoms with van der Waals surface area (Å²) in [6.07, 6.45) is 2.34. The highest BCUT2D eigenvalue weighted by molar-refractivity contribution is 7.08. The van der Waals surface area contributed by atoms with Crippen LogP contribution < -0.4 is 10.6 Å². The fourth-order valence-electron chi connectivity index (χ4n) is 3.00. The van der Waals surface area contributed by atoms with Crippen LogP contribution in [-0.2, 0) is 9.59 Å². The number of benzene rings is 1. The molecule has 2 amide bonds. The van der Waals surface area contributed by atoms with Crippen LogP contribution in [-0.4, -0.2) is 36.3 Å². The van der Waals surface area contributed by atoms with Crippen molar-refractivity contribution < 1.29 is 9.59 Å². The summed E-state index contributed by atoms with van der Waals surface area (Å²) in [5.41, 5.74) is 1.68. The number of halogens is 1. The molecule has 1 fully saturated rings. The molecule has 0 spiro atoms. The van der Waals surface area contributed by atoms with Gasteiger partial charge in [-0.2, -0.15) is 11.3 Å². The summed E-state index contributed by atoms with van der Waals surface area (Å²) in [4.78, 5) is 26.6. The van der Waals surface area contributed by atoms with Gasteiger partial charge in [0.1, 0.15) is 0 Å². The molecule has 1 aromatic carbocycles. The van der Waals surface area contributed by atoms with E-state index in [0.29, 0.717) is 17.3 Å². The van der Waals surface area contributed by atoms with Crippen LogP contribution in [0.4, 0.5) is 5.69 Å². The van der Waals surface area contributed by atoms with E-state index in [1.54, 1.807) is 35.6 Å². The lowest BCUT2D eigenvalue weighted by Gasteiger charge is -2.27.